The Morgan fingerprint density at radius 3 is 2.25 bits per heavy atom. The van der Waals surface area contributed by atoms with Crippen molar-refractivity contribution in [1.82, 2.24) is 15.1 Å². The number of rotatable bonds is 13. The number of ether oxygens (including phenoxy) is 4. The van der Waals surface area contributed by atoms with Crippen molar-refractivity contribution in [3.8, 4) is 27.8 Å². The zero-order chi connectivity index (χ0) is 23.5. The van der Waals surface area contributed by atoms with Crippen molar-refractivity contribution in [1.29, 1.82) is 0 Å². The maximum Gasteiger partial charge on any atom is 0.227 e. The molecule has 0 bridgehead atoms. The second-order valence-corrected chi connectivity index (χ2v) is 7.73. The first-order valence-corrected chi connectivity index (χ1v) is 11.0. The van der Waals surface area contributed by atoms with E-state index in [2.05, 4.69) is 15.5 Å². The molecule has 1 heterocycles. The van der Waals surface area contributed by atoms with E-state index >= 15 is 0 Å². The lowest BCUT2D eigenvalue weighted by atomic mass is 10.2. The Kier molecular flexibility index (Phi) is 10.2. The van der Waals surface area contributed by atoms with Gasteiger partial charge in [0.2, 0.25) is 22.7 Å². The summed E-state index contributed by atoms with van der Waals surface area (Å²) in [6.45, 7) is 3.13. The van der Waals surface area contributed by atoms with Gasteiger partial charge in [0.1, 0.15) is 5.01 Å². The molecule has 0 aliphatic rings. The summed E-state index contributed by atoms with van der Waals surface area (Å²) >= 11 is 1.22. The molecule has 0 saturated carbocycles. The molecule has 0 fully saturated rings. The van der Waals surface area contributed by atoms with Crippen molar-refractivity contribution in [2.75, 3.05) is 53.5 Å². The SMILES string of the molecule is CCCC(=O)N(CCOC)CCC(=O)Nc1nnc(-c2cc(OC)c(OC)c(OC)c2)s1. The third-order valence-electron chi connectivity index (χ3n) is 4.57. The van der Waals surface area contributed by atoms with Crippen LogP contribution in [-0.2, 0) is 14.3 Å². The van der Waals surface area contributed by atoms with Gasteiger partial charge in [-0.25, -0.2) is 0 Å². The minimum absolute atomic E-state index is 0.0120. The van der Waals surface area contributed by atoms with Gasteiger partial charge in [-0.3, -0.25) is 9.59 Å². The fourth-order valence-electron chi connectivity index (χ4n) is 2.95. The standard InChI is InChI=1S/C21H30N4O6S/c1-6-7-18(27)25(10-11-28-2)9-8-17(26)22-21-24-23-20(32-21)14-12-15(29-3)19(31-5)16(13-14)30-4/h12-13H,6-11H2,1-5H3,(H,22,24,26). The maximum absolute atomic E-state index is 12.4. The molecule has 1 aromatic carbocycles. The molecule has 2 amide bonds. The molecule has 10 nitrogen and oxygen atoms in total. The van der Waals surface area contributed by atoms with E-state index in [0.717, 1.165) is 6.42 Å². The van der Waals surface area contributed by atoms with Crippen molar-refractivity contribution in [2.45, 2.75) is 26.2 Å². The third kappa shape index (κ3) is 6.79. The van der Waals surface area contributed by atoms with Gasteiger partial charge in [-0.2, -0.15) is 0 Å². The van der Waals surface area contributed by atoms with Gasteiger partial charge in [-0.15, -0.1) is 10.2 Å². The molecule has 0 unspecified atom stereocenters. The smallest absolute Gasteiger partial charge is 0.227 e. The highest BCUT2D eigenvalue weighted by Crippen LogP contribution is 2.42. The average Bonchev–Trinajstić information content (AvgIpc) is 3.26. The first kappa shape index (κ1) is 25.3. The minimum atomic E-state index is -0.246. The fraction of sp³-hybridized carbons (Fsp3) is 0.524. The Labute approximate surface area is 191 Å². The summed E-state index contributed by atoms with van der Waals surface area (Å²) in [4.78, 5) is 26.3. The highest BCUT2D eigenvalue weighted by Gasteiger charge is 2.18. The zero-order valence-corrected chi connectivity index (χ0v) is 19.9. The molecular formula is C21H30N4O6S. The molecular weight excluding hydrogens is 436 g/mol. The monoisotopic (exact) mass is 466 g/mol. The van der Waals surface area contributed by atoms with E-state index in [-0.39, 0.29) is 18.2 Å². The number of benzene rings is 1. The number of aromatic nitrogens is 2. The number of carbonyl (C=O) groups excluding carboxylic acids is 2. The van der Waals surface area contributed by atoms with Crippen LogP contribution < -0.4 is 19.5 Å². The number of nitrogens with one attached hydrogen (secondary N) is 1. The minimum Gasteiger partial charge on any atom is -0.493 e. The molecule has 0 aliphatic carbocycles. The van der Waals surface area contributed by atoms with Crippen molar-refractivity contribution in [3.05, 3.63) is 12.1 Å². The molecule has 0 spiro atoms. The van der Waals surface area contributed by atoms with Crippen LogP contribution in [0.4, 0.5) is 5.13 Å². The Hall–Kier alpha value is -2.92. The van der Waals surface area contributed by atoms with Crippen LogP contribution in [0.3, 0.4) is 0 Å². The Bertz CT molecular complexity index is 879. The van der Waals surface area contributed by atoms with Crippen LogP contribution in [0.5, 0.6) is 17.2 Å². The molecule has 1 aromatic heterocycles. The van der Waals surface area contributed by atoms with Crippen LogP contribution in [0.25, 0.3) is 10.6 Å². The van der Waals surface area contributed by atoms with Gasteiger partial charge in [0.15, 0.2) is 11.5 Å². The number of amides is 2. The van der Waals surface area contributed by atoms with E-state index in [1.165, 1.54) is 32.7 Å². The van der Waals surface area contributed by atoms with Crippen LogP contribution in [0.1, 0.15) is 26.2 Å². The molecule has 1 N–H and O–H groups in total. The number of hydrogen-bond acceptors (Lipinski definition) is 9. The van der Waals surface area contributed by atoms with Gasteiger partial charge in [-0.1, -0.05) is 18.3 Å². The highest BCUT2D eigenvalue weighted by atomic mass is 32.1. The third-order valence-corrected chi connectivity index (χ3v) is 5.46. The van der Waals surface area contributed by atoms with Gasteiger partial charge in [0.05, 0.1) is 27.9 Å². The van der Waals surface area contributed by atoms with Crippen molar-refractivity contribution < 1.29 is 28.5 Å². The number of anilines is 1. The van der Waals surface area contributed by atoms with Crippen LogP contribution in [0, 0.1) is 0 Å². The fourth-order valence-corrected chi connectivity index (χ4v) is 3.69. The van der Waals surface area contributed by atoms with Crippen LogP contribution >= 0.6 is 11.3 Å². The lowest BCUT2D eigenvalue weighted by Crippen LogP contribution is -2.36. The summed E-state index contributed by atoms with van der Waals surface area (Å²) in [5.41, 5.74) is 0.716. The second kappa shape index (κ2) is 12.8. The van der Waals surface area contributed by atoms with Crippen LogP contribution in [0.2, 0.25) is 0 Å². The highest BCUT2D eigenvalue weighted by molar-refractivity contribution is 7.18. The average molecular weight is 467 g/mol. The molecule has 32 heavy (non-hydrogen) atoms. The van der Waals surface area contributed by atoms with E-state index in [9.17, 15) is 9.59 Å². The quantitative estimate of drug-likeness (QED) is 0.480. The second-order valence-electron chi connectivity index (χ2n) is 6.75. The van der Waals surface area contributed by atoms with Gasteiger partial charge >= 0.3 is 0 Å². The Morgan fingerprint density at radius 2 is 1.69 bits per heavy atom. The van der Waals surface area contributed by atoms with Crippen molar-refractivity contribution >= 4 is 28.3 Å². The van der Waals surface area contributed by atoms with Crippen LogP contribution in [-0.4, -0.2) is 75.0 Å². The first-order valence-electron chi connectivity index (χ1n) is 10.2. The van der Waals surface area contributed by atoms with Crippen molar-refractivity contribution in [2.24, 2.45) is 0 Å². The summed E-state index contributed by atoms with van der Waals surface area (Å²) in [5, 5.41) is 11.9. The van der Waals surface area contributed by atoms with Gasteiger partial charge in [0, 0.05) is 38.6 Å². The lowest BCUT2D eigenvalue weighted by Gasteiger charge is -2.21. The molecule has 176 valence electrons. The zero-order valence-electron chi connectivity index (χ0n) is 19.1. The predicted octanol–water partition coefficient (Wildman–Crippen LogP) is 2.83. The van der Waals surface area contributed by atoms with Gasteiger partial charge in [-0.05, 0) is 18.6 Å². The van der Waals surface area contributed by atoms with Crippen molar-refractivity contribution in [3.63, 3.8) is 0 Å². The summed E-state index contributed by atoms with van der Waals surface area (Å²) in [5.74, 6) is 1.24. The number of carbonyl (C=O) groups is 2. The van der Waals surface area contributed by atoms with E-state index in [1.54, 1.807) is 24.1 Å². The molecule has 0 radical (unpaired) electrons. The van der Waals surface area contributed by atoms with Crippen LogP contribution in [0.15, 0.2) is 12.1 Å². The summed E-state index contributed by atoms with van der Waals surface area (Å²) in [6, 6.07) is 3.53. The molecule has 2 rings (SSSR count). The topological polar surface area (TPSA) is 112 Å². The summed E-state index contributed by atoms with van der Waals surface area (Å²) in [6.07, 6.45) is 1.35. The lowest BCUT2D eigenvalue weighted by molar-refractivity contribution is -0.132. The summed E-state index contributed by atoms with van der Waals surface area (Å²) < 4.78 is 21.1. The predicted molar refractivity (Wildman–Crippen MR) is 122 cm³/mol. The molecule has 0 atom stereocenters. The number of nitrogens with zero attached hydrogens (tertiary/aromatic N) is 3. The Morgan fingerprint density at radius 1 is 1.00 bits per heavy atom. The Balaban J connectivity index is 2.05. The largest absolute Gasteiger partial charge is 0.493 e. The van der Waals surface area contributed by atoms with Gasteiger partial charge < -0.3 is 29.2 Å². The first-order chi connectivity index (χ1) is 15.5. The van der Waals surface area contributed by atoms with E-state index in [1.807, 2.05) is 6.92 Å². The number of hydrogen-bond donors (Lipinski definition) is 1. The molecule has 0 saturated heterocycles. The normalized spacial score (nSPS) is 10.5. The number of methoxy groups -OCH3 is 4. The summed E-state index contributed by atoms with van der Waals surface area (Å²) in [7, 11) is 6.18. The van der Waals surface area contributed by atoms with E-state index in [4.69, 9.17) is 18.9 Å². The molecule has 2 aromatic rings. The van der Waals surface area contributed by atoms with Gasteiger partial charge in [0.25, 0.3) is 0 Å². The van der Waals surface area contributed by atoms with E-state index < -0.39 is 0 Å². The maximum atomic E-state index is 12.4. The molecule has 0 aliphatic heterocycles. The molecule has 11 heteroatoms. The van der Waals surface area contributed by atoms with E-state index in [0.29, 0.717) is 59.1 Å².